The third kappa shape index (κ3) is 2.40. The molecule has 6 nitrogen and oxygen atoms in total. The molecule has 1 heterocycles. The van der Waals surface area contributed by atoms with Crippen molar-refractivity contribution in [3.05, 3.63) is 52.3 Å². The van der Waals surface area contributed by atoms with Crippen molar-refractivity contribution in [2.45, 2.75) is 4.90 Å². The first-order valence-electron chi connectivity index (χ1n) is 5.16. The molecule has 0 aliphatic rings. The van der Waals surface area contributed by atoms with Crippen molar-refractivity contribution in [2.24, 2.45) is 7.05 Å². The molecule has 1 atom stereocenters. The largest absolute Gasteiger partial charge is 0.334 e. The van der Waals surface area contributed by atoms with Gasteiger partial charge < -0.3 is 4.55 Å². The molecule has 0 saturated carbocycles. The number of hydrogen-bond donors (Lipinski definition) is 2. The summed E-state index contributed by atoms with van der Waals surface area (Å²) in [4.78, 5) is 12.1. The van der Waals surface area contributed by atoms with E-state index >= 15 is 0 Å². The summed E-state index contributed by atoms with van der Waals surface area (Å²) in [7, 11) is 1.29. The molecule has 0 aliphatic heterocycles. The van der Waals surface area contributed by atoms with Gasteiger partial charge in [0.05, 0.1) is 16.8 Å². The topological polar surface area (TPSA) is 88.1 Å². The van der Waals surface area contributed by atoms with Crippen molar-refractivity contribution in [1.82, 2.24) is 9.13 Å². The molecule has 0 spiro atoms. The fraction of sp³-hybridized carbons (Fsp3) is 0.0909. The lowest BCUT2D eigenvalue weighted by molar-refractivity contribution is 0.542. The van der Waals surface area contributed by atoms with Gasteiger partial charge in [0, 0.05) is 7.05 Å². The molecule has 0 saturated heterocycles. The average molecular weight is 283 g/mol. The Balaban J connectivity index is 2.63. The van der Waals surface area contributed by atoms with E-state index in [9.17, 15) is 13.4 Å². The summed E-state index contributed by atoms with van der Waals surface area (Å²) in [5, 5.41) is 7.34. The Hall–Kier alpha value is -2.06. The van der Waals surface area contributed by atoms with Crippen LogP contribution in [0.4, 0.5) is 4.39 Å². The van der Waals surface area contributed by atoms with E-state index in [1.165, 1.54) is 31.3 Å². The van der Waals surface area contributed by atoms with Crippen molar-refractivity contribution in [3.8, 4) is 5.69 Å². The molecular formula is C11H10FN3O3S. The second-order valence-electron chi connectivity index (χ2n) is 3.78. The maximum Gasteiger partial charge on any atom is 0.334 e. The van der Waals surface area contributed by atoms with Gasteiger partial charge in [-0.3, -0.25) is 14.5 Å². The molecule has 0 fully saturated rings. The number of benzene rings is 1. The van der Waals surface area contributed by atoms with Crippen LogP contribution in [0.2, 0.25) is 0 Å². The first kappa shape index (κ1) is 13.4. The zero-order valence-electron chi connectivity index (χ0n) is 9.83. The lowest BCUT2D eigenvalue weighted by Gasteiger charge is -2.08. The van der Waals surface area contributed by atoms with E-state index in [2.05, 4.69) is 0 Å². The molecule has 0 amide bonds. The lowest BCUT2D eigenvalue weighted by atomic mass is 10.3. The van der Waals surface area contributed by atoms with E-state index in [-0.39, 0.29) is 4.90 Å². The van der Waals surface area contributed by atoms with Crippen LogP contribution < -0.4 is 11.2 Å². The highest BCUT2D eigenvalue weighted by atomic mass is 32.2. The third-order valence-electron chi connectivity index (χ3n) is 2.61. The predicted molar refractivity (Wildman–Crippen MR) is 65.9 cm³/mol. The maximum atomic E-state index is 13.5. The van der Waals surface area contributed by atoms with Gasteiger partial charge in [-0.2, -0.15) is 0 Å². The Morgan fingerprint density at radius 3 is 2.42 bits per heavy atom. The molecule has 2 rings (SSSR count). The number of rotatable bonds is 2. The Morgan fingerprint density at radius 2 is 1.89 bits per heavy atom. The molecule has 8 heteroatoms. The molecule has 1 aromatic carbocycles. The first-order chi connectivity index (χ1) is 8.91. The fourth-order valence-electron chi connectivity index (χ4n) is 1.56. The van der Waals surface area contributed by atoms with E-state index in [0.717, 1.165) is 15.3 Å². The minimum Gasteiger partial charge on any atom is -0.302 e. The van der Waals surface area contributed by atoms with E-state index in [1.54, 1.807) is 0 Å². The Morgan fingerprint density at radius 1 is 1.32 bits per heavy atom. The summed E-state index contributed by atoms with van der Waals surface area (Å²) < 4.78 is 35.1. The second kappa shape index (κ2) is 4.90. The summed E-state index contributed by atoms with van der Waals surface area (Å²) in [6.07, 6.45) is 0.912. The monoisotopic (exact) mass is 283 g/mol. The molecule has 0 aliphatic carbocycles. The highest BCUT2D eigenvalue weighted by Crippen LogP contribution is 2.10. The van der Waals surface area contributed by atoms with Crippen LogP contribution in [-0.4, -0.2) is 17.9 Å². The van der Waals surface area contributed by atoms with Gasteiger partial charge in [-0.25, -0.2) is 13.4 Å². The van der Waals surface area contributed by atoms with Gasteiger partial charge in [-0.15, -0.1) is 0 Å². The molecular weight excluding hydrogens is 273 g/mol. The SMILES string of the molecule is Cn1c(=N)c(F)cn(-c2ccc(S(=O)O)cc2)c1=O. The Labute approximate surface area is 109 Å². The van der Waals surface area contributed by atoms with E-state index in [4.69, 9.17) is 9.96 Å². The summed E-state index contributed by atoms with van der Waals surface area (Å²) in [6, 6.07) is 5.58. The van der Waals surface area contributed by atoms with Gasteiger partial charge in [0.1, 0.15) is 0 Å². The minimum absolute atomic E-state index is 0.179. The summed E-state index contributed by atoms with van der Waals surface area (Å²) >= 11 is -2.11. The zero-order chi connectivity index (χ0) is 14.2. The minimum atomic E-state index is -2.11. The Bertz CT molecular complexity index is 764. The van der Waals surface area contributed by atoms with E-state index in [0.29, 0.717) is 5.69 Å². The Kier molecular flexibility index (Phi) is 3.45. The molecule has 100 valence electrons. The number of nitrogens with one attached hydrogen (secondary N) is 1. The fourth-order valence-corrected chi connectivity index (χ4v) is 1.92. The van der Waals surface area contributed by atoms with Crippen molar-refractivity contribution < 1.29 is 13.2 Å². The number of halogens is 1. The van der Waals surface area contributed by atoms with Crippen LogP contribution in [0.1, 0.15) is 0 Å². The van der Waals surface area contributed by atoms with Crippen molar-refractivity contribution in [1.29, 1.82) is 5.41 Å². The molecule has 2 N–H and O–H groups in total. The normalized spacial score (nSPS) is 12.4. The maximum absolute atomic E-state index is 13.5. The smallest absolute Gasteiger partial charge is 0.302 e. The van der Waals surface area contributed by atoms with E-state index < -0.39 is 28.1 Å². The van der Waals surface area contributed by atoms with Gasteiger partial charge in [-0.05, 0) is 24.3 Å². The third-order valence-corrected chi connectivity index (χ3v) is 3.29. The summed E-state index contributed by atoms with van der Waals surface area (Å²) in [5.41, 5.74) is -0.743. The van der Waals surface area contributed by atoms with E-state index in [1.807, 2.05) is 0 Å². The quantitative estimate of drug-likeness (QED) is 0.781. The standard InChI is InChI=1S/C11H10FN3O3S/c1-14-10(13)9(12)6-15(11(14)16)7-2-4-8(5-3-7)19(17)18/h2-6,13H,1H3,(H,17,18). The number of nitrogens with zero attached hydrogens (tertiary/aromatic N) is 2. The number of hydrogen-bond acceptors (Lipinski definition) is 3. The van der Waals surface area contributed by atoms with Crippen molar-refractivity contribution >= 4 is 11.1 Å². The van der Waals surface area contributed by atoms with Gasteiger partial charge in [0.15, 0.2) is 22.4 Å². The highest BCUT2D eigenvalue weighted by molar-refractivity contribution is 7.79. The summed E-state index contributed by atoms with van der Waals surface area (Å²) in [5.74, 6) is -0.836. The average Bonchev–Trinajstić information content (AvgIpc) is 2.40. The molecule has 1 unspecified atom stereocenters. The first-order valence-corrected chi connectivity index (χ1v) is 6.26. The van der Waals surface area contributed by atoms with Crippen LogP contribution in [-0.2, 0) is 18.1 Å². The van der Waals surface area contributed by atoms with Gasteiger partial charge in [-0.1, -0.05) is 0 Å². The lowest BCUT2D eigenvalue weighted by Crippen LogP contribution is -2.38. The number of aromatic nitrogens is 2. The van der Waals surface area contributed by atoms with Crippen LogP contribution in [0.3, 0.4) is 0 Å². The van der Waals surface area contributed by atoms with Gasteiger partial charge in [0.25, 0.3) is 0 Å². The predicted octanol–water partition coefficient (Wildman–Crippen LogP) is 0.375. The van der Waals surface area contributed by atoms with Crippen LogP contribution in [0.5, 0.6) is 0 Å². The van der Waals surface area contributed by atoms with Gasteiger partial charge in [0.2, 0.25) is 0 Å². The molecule has 0 radical (unpaired) electrons. The molecule has 2 aromatic rings. The van der Waals surface area contributed by atoms with Crippen LogP contribution in [0.25, 0.3) is 5.69 Å². The van der Waals surface area contributed by atoms with Crippen molar-refractivity contribution in [3.63, 3.8) is 0 Å². The second-order valence-corrected chi connectivity index (χ2v) is 4.75. The van der Waals surface area contributed by atoms with Crippen LogP contribution >= 0.6 is 0 Å². The zero-order valence-corrected chi connectivity index (χ0v) is 10.6. The highest BCUT2D eigenvalue weighted by Gasteiger charge is 2.08. The molecule has 0 bridgehead atoms. The molecule has 1 aromatic heterocycles. The van der Waals surface area contributed by atoms with Crippen LogP contribution in [0, 0.1) is 11.2 Å². The van der Waals surface area contributed by atoms with Gasteiger partial charge >= 0.3 is 5.69 Å². The van der Waals surface area contributed by atoms with Crippen molar-refractivity contribution in [2.75, 3.05) is 0 Å². The van der Waals surface area contributed by atoms with Crippen LogP contribution in [0.15, 0.2) is 40.2 Å². The summed E-state index contributed by atoms with van der Waals surface area (Å²) in [6.45, 7) is 0. The molecule has 19 heavy (non-hydrogen) atoms.